The number of hydrogen-bond acceptors (Lipinski definition) is 3. The summed E-state index contributed by atoms with van der Waals surface area (Å²) in [6.45, 7) is 0.901. The number of aliphatic hydroxyl groups excluding tert-OH is 1. The summed E-state index contributed by atoms with van der Waals surface area (Å²) in [6, 6.07) is 0.489. The Balaban J connectivity index is 2.17. The molecule has 0 saturated carbocycles. The zero-order valence-electron chi connectivity index (χ0n) is 6.34. The van der Waals surface area contributed by atoms with Gasteiger partial charge in [-0.2, -0.15) is 0 Å². The van der Waals surface area contributed by atoms with Gasteiger partial charge in [-0.05, 0) is 19.9 Å². The lowest BCUT2D eigenvalue weighted by molar-refractivity contribution is -0.0304. The molecule has 1 rings (SSSR count). The Hall–Kier alpha value is -0.120. The Bertz CT molecular complexity index is 77.6. The van der Waals surface area contributed by atoms with Crippen LogP contribution in [-0.2, 0) is 4.74 Å². The van der Waals surface area contributed by atoms with Crippen LogP contribution in [0.5, 0.6) is 0 Å². The van der Waals surface area contributed by atoms with E-state index in [-0.39, 0.29) is 12.7 Å². The number of ether oxygens (including phenoxy) is 1. The molecule has 3 heteroatoms. The molecule has 0 unspecified atom stereocenters. The molecule has 1 fully saturated rings. The van der Waals surface area contributed by atoms with Crippen molar-refractivity contribution in [2.75, 3.05) is 20.3 Å². The third-order valence-corrected chi connectivity index (χ3v) is 1.98. The second kappa shape index (κ2) is 3.91. The highest BCUT2D eigenvalue weighted by atomic mass is 16.5. The van der Waals surface area contributed by atoms with Crippen LogP contribution >= 0.6 is 0 Å². The van der Waals surface area contributed by atoms with Crippen molar-refractivity contribution in [1.82, 2.24) is 5.32 Å². The van der Waals surface area contributed by atoms with Crippen LogP contribution in [0.2, 0.25) is 0 Å². The van der Waals surface area contributed by atoms with Crippen molar-refractivity contribution in [1.29, 1.82) is 0 Å². The molecule has 0 bridgehead atoms. The van der Waals surface area contributed by atoms with Crippen molar-refractivity contribution in [2.45, 2.75) is 25.0 Å². The Labute approximate surface area is 61.4 Å². The van der Waals surface area contributed by atoms with E-state index in [1.807, 2.05) is 7.05 Å². The Morgan fingerprint density at radius 2 is 2.40 bits per heavy atom. The normalized spacial score (nSPS) is 34.2. The van der Waals surface area contributed by atoms with Gasteiger partial charge in [-0.1, -0.05) is 0 Å². The van der Waals surface area contributed by atoms with Crippen LogP contribution < -0.4 is 5.32 Å². The SMILES string of the molecule is CN[C@H]1CC[C@H](CO)OC1. The van der Waals surface area contributed by atoms with Gasteiger partial charge in [0.1, 0.15) is 0 Å². The van der Waals surface area contributed by atoms with Crippen molar-refractivity contribution in [3.8, 4) is 0 Å². The first kappa shape index (κ1) is 7.98. The maximum absolute atomic E-state index is 8.70. The lowest BCUT2D eigenvalue weighted by Crippen LogP contribution is -2.38. The summed E-state index contributed by atoms with van der Waals surface area (Å²) >= 11 is 0. The highest BCUT2D eigenvalue weighted by molar-refractivity contribution is 4.72. The zero-order valence-corrected chi connectivity index (χ0v) is 6.34. The maximum atomic E-state index is 8.70. The second-order valence-electron chi connectivity index (χ2n) is 2.70. The smallest absolute Gasteiger partial charge is 0.0807 e. The summed E-state index contributed by atoms with van der Waals surface area (Å²) < 4.78 is 5.32. The minimum absolute atomic E-state index is 0.0876. The molecule has 0 radical (unpaired) electrons. The quantitative estimate of drug-likeness (QED) is 0.563. The summed E-state index contributed by atoms with van der Waals surface area (Å²) in [5.41, 5.74) is 0. The summed E-state index contributed by atoms with van der Waals surface area (Å²) in [5.74, 6) is 0. The van der Waals surface area contributed by atoms with Gasteiger partial charge in [0.05, 0.1) is 19.3 Å². The molecule has 3 nitrogen and oxygen atoms in total. The van der Waals surface area contributed by atoms with E-state index in [0.717, 1.165) is 19.4 Å². The Kier molecular flexibility index (Phi) is 3.12. The average Bonchev–Trinajstić information content (AvgIpc) is 2.05. The lowest BCUT2D eigenvalue weighted by atomic mass is 10.1. The first-order chi connectivity index (χ1) is 4.86. The van der Waals surface area contributed by atoms with E-state index < -0.39 is 0 Å². The van der Waals surface area contributed by atoms with Gasteiger partial charge in [0.15, 0.2) is 0 Å². The van der Waals surface area contributed by atoms with Gasteiger partial charge in [0.2, 0.25) is 0 Å². The van der Waals surface area contributed by atoms with Crippen LogP contribution in [-0.4, -0.2) is 37.5 Å². The average molecular weight is 145 g/mol. The fourth-order valence-electron chi connectivity index (χ4n) is 1.18. The van der Waals surface area contributed by atoms with Gasteiger partial charge in [-0.15, -0.1) is 0 Å². The molecule has 2 N–H and O–H groups in total. The first-order valence-electron chi connectivity index (χ1n) is 3.76. The zero-order chi connectivity index (χ0) is 7.40. The molecule has 1 aliphatic rings. The summed E-state index contributed by atoms with van der Waals surface area (Å²) in [4.78, 5) is 0. The molecule has 0 aromatic heterocycles. The van der Waals surface area contributed by atoms with E-state index >= 15 is 0 Å². The topological polar surface area (TPSA) is 41.5 Å². The van der Waals surface area contributed by atoms with Crippen molar-refractivity contribution < 1.29 is 9.84 Å². The van der Waals surface area contributed by atoms with Gasteiger partial charge in [0.25, 0.3) is 0 Å². The van der Waals surface area contributed by atoms with Crippen LogP contribution in [0.3, 0.4) is 0 Å². The van der Waals surface area contributed by atoms with E-state index in [9.17, 15) is 0 Å². The van der Waals surface area contributed by atoms with Crippen LogP contribution in [0.1, 0.15) is 12.8 Å². The minimum atomic E-state index is 0.0876. The number of aliphatic hydroxyl groups is 1. The molecule has 2 atom stereocenters. The summed E-state index contributed by atoms with van der Waals surface area (Å²) in [6.07, 6.45) is 2.17. The molecular weight excluding hydrogens is 130 g/mol. The van der Waals surface area contributed by atoms with Crippen LogP contribution in [0.4, 0.5) is 0 Å². The van der Waals surface area contributed by atoms with Gasteiger partial charge in [-0.25, -0.2) is 0 Å². The molecule has 0 spiro atoms. The number of hydrogen-bond donors (Lipinski definition) is 2. The Morgan fingerprint density at radius 3 is 2.80 bits per heavy atom. The van der Waals surface area contributed by atoms with E-state index in [0.29, 0.717) is 6.04 Å². The molecule has 0 amide bonds. The molecule has 1 saturated heterocycles. The van der Waals surface area contributed by atoms with Gasteiger partial charge >= 0.3 is 0 Å². The fourth-order valence-corrected chi connectivity index (χ4v) is 1.18. The van der Waals surface area contributed by atoms with Crippen molar-refractivity contribution in [2.24, 2.45) is 0 Å². The van der Waals surface area contributed by atoms with Crippen molar-refractivity contribution in [3.63, 3.8) is 0 Å². The minimum Gasteiger partial charge on any atom is -0.394 e. The van der Waals surface area contributed by atoms with Crippen LogP contribution in [0.15, 0.2) is 0 Å². The van der Waals surface area contributed by atoms with E-state index in [1.54, 1.807) is 0 Å². The summed E-state index contributed by atoms with van der Waals surface area (Å²) in [5, 5.41) is 11.8. The van der Waals surface area contributed by atoms with Gasteiger partial charge < -0.3 is 15.2 Å². The first-order valence-corrected chi connectivity index (χ1v) is 3.76. The predicted molar refractivity (Wildman–Crippen MR) is 38.9 cm³/mol. The molecule has 1 heterocycles. The largest absolute Gasteiger partial charge is 0.394 e. The van der Waals surface area contributed by atoms with Gasteiger partial charge in [0, 0.05) is 6.04 Å². The molecule has 0 aromatic rings. The van der Waals surface area contributed by atoms with Crippen LogP contribution in [0, 0.1) is 0 Å². The molecular formula is C7H15NO2. The molecule has 0 aliphatic carbocycles. The second-order valence-corrected chi connectivity index (χ2v) is 2.70. The monoisotopic (exact) mass is 145 g/mol. The van der Waals surface area contributed by atoms with E-state index in [1.165, 1.54) is 0 Å². The Morgan fingerprint density at radius 1 is 1.60 bits per heavy atom. The lowest BCUT2D eigenvalue weighted by Gasteiger charge is -2.27. The number of likely N-dealkylation sites (N-methyl/N-ethyl adjacent to an activating group) is 1. The highest BCUT2D eigenvalue weighted by Gasteiger charge is 2.18. The van der Waals surface area contributed by atoms with Crippen LogP contribution in [0.25, 0.3) is 0 Å². The molecule has 0 aromatic carbocycles. The molecule has 10 heavy (non-hydrogen) atoms. The maximum Gasteiger partial charge on any atom is 0.0807 e. The summed E-state index contributed by atoms with van der Waals surface area (Å²) in [7, 11) is 1.94. The molecule has 60 valence electrons. The van der Waals surface area contributed by atoms with Crippen molar-refractivity contribution in [3.05, 3.63) is 0 Å². The van der Waals surface area contributed by atoms with E-state index in [2.05, 4.69) is 5.32 Å². The van der Waals surface area contributed by atoms with Gasteiger partial charge in [-0.3, -0.25) is 0 Å². The fraction of sp³-hybridized carbons (Fsp3) is 1.00. The predicted octanol–water partition coefficient (Wildman–Crippen LogP) is -0.254. The van der Waals surface area contributed by atoms with E-state index in [4.69, 9.17) is 9.84 Å². The number of nitrogens with one attached hydrogen (secondary N) is 1. The highest BCUT2D eigenvalue weighted by Crippen LogP contribution is 2.12. The third kappa shape index (κ3) is 1.94. The standard InChI is InChI=1S/C7H15NO2/c1-8-6-2-3-7(4-9)10-5-6/h6-9H,2-5H2,1H3/t6-,7+/m0/s1. The molecule has 1 aliphatic heterocycles. The third-order valence-electron chi connectivity index (χ3n) is 1.98. The number of rotatable bonds is 2. The van der Waals surface area contributed by atoms with Crippen molar-refractivity contribution >= 4 is 0 Å².